The highest BCUT2D eigenvalue weighted by Gasteiger charge is 2.30. The van der Waals surface area contributed by atoms with E-state index in [0.717, 1.165) is 24.3 Å². The second kappa shape index (κ2) is 6.60. The SMILES string of the molecule is O=C(Cl)c1cc(Oc2ccc(C(F)(F)F)cc2)cc(C(=O)Cl)c1. The van der Waals surface area contributed by atoms with Gasteiger partial charge in [-0.15, -0.1) is 0 Å². The van der Waals surface area contributed by atoms with Crippen LogP contribution in [0.3, 0.4) is 0 Å². The summed E-state index contributed by atoms with van der Waals surface area (Å²) in [6, 6.07) is 7.59. The summed E-state index contributed by atoms with van der Waals surface area (Å²) in [6.45, 7) is 0. The summed E-state index contributed by atoms with van der Waals surface area (Å²) in [5, 5.41) is -1.66. The fourth-order valence-electron chi connectivity index (χ4n) is 1.73. The Morgan fingerprint density at radius 2 is 1.30 bits per heavy atom. The largest absolute Gasteiger partial charge is 0.457 e. The average molecular weight is 363 g/mol. The summed E-state index contributed by atoms with van der Waals surface area (Å²) in [7, 11) is 0. The van der Waals surface area contributed by atoms with Crippen LogP contribution < -0.4 is 4.74 Å². The van der Waals surface area contributed by atoms with Crippen molar-refractivity contribution in [2.45, 2.75) is 6.18 Å². The van der Waals surface area contributed by atoms with E-state index >= 15 is 0 Å². The minimum Gasteiger partial charge on any atom is -0.457 e. The number of ether oxygens (including phenoxy) is 1. The van der Waals surface area contributed by atoms with Crippen LogP contribution in [0.25, 0.3) is 0 Å². The summed E-state index contributed by atoms with van der Waals surface area (Å²) in [4.78, 5) is 22.4. The molecule has 3 nitrogen and oxygen atoms in total. The highest BCUT2D eigenvalue weighted by molar-refractivity contribution is 6.69. The lowest BCUT2D eigenvalue weighted by atomic mass is 10.1. The summed E-state index contributed by atoms with van der Waals surface area (Å²) < 4.78 is 42.8. The van der Waals surface area contributed by atoms with Crippen molar-refractivity contribution in [2.24, 2.45) is 0 Å². The lowest BCUT2D eigenvalue weighted by Gasteiger charge is -2.10. The Kier molecular flexibility index (Phi) is 4.97. The van der Waals surface area contributed by atoms with E-state index < -0.39 is 22.2 Å². The fourth-order valence-corrected chi connectivity index (χ4v) is 1.95. The van der Waals surface area contributed by atoms with Crippen molar-refractivity contribution in [3.8, 4) is 11.5 Å². The van der Waals surface area contributed by atoms with Crippen molar-refractivity contribution < 1.29 is 27.5 Å². The van der Waals surface area contributed by atoms with Crippen molar-refractivity contribution in [3.63, 3.8) is 0 Å². The average Bonchev–Trinajstić information content (AvgIpc) is 2.46. The molecule has 0 saturated carbocycles. The van der Waals surface area contributed by atoms with Crippen LogP contribution in [0, 0.1) is 0 Å². The number of hydrogen-bond acceptors (Lipinski definition) is 3. The molecule has 0 aliphatic carbocycles. The van der Waals surface area contributed by atoms with Gasteiger partial charge in [0.05, 0.1) is 5.56 Å². The zero-order valence-electron chi connectivity index (χ0n) is 11.2. The maximum atomic E-state index is 12.5. The number of carbonyl (C=O) groups is 2. The van der Waals surface area contributed by atoms with Crippen LogP contribution in [0.15, 0.2) is 42.5 Å². The molecule has 0 aliphatic rings. The smallest absolute Gasteiger partial charge is 0.416 e. The van der Waals surface area contributed by atoms with Gasteiger partial charge in [-0.1, -0.05) is 0 Å². The van der Waals surface area contributed by atoms with Gasteiger partial charge < -0.3 is 4.74 Å². The second-order valence-electron chi connectivity index (χ2n) is 4.42. The van der Waals surface area contributed by atoms with Gasteiger partial charge in [0.2, 0.25) is 0 Å². The van der Waals surface area contributed by atoms with Crippen LogP contribution in [0.5, 0.6) is 11.5 Å². The number of alkyl halides is 3. The van der Waals surface area contributed by atoms with Gasteiger partial charge in [0.25, 0.3) is 10.5 Å². The molecule has 2 aromatic rings. The predicted molar refractivity (Wildman–Crippen MR) is 78.3 cm³/mol. The standard InChI is InChI=1S/C15H7Cl2F3O3/c16-13(21)8-5-9(14(17)22)7-12(6-8)23-11-3-1-10(2-4-11)15(18,19)20/h1-7H. The Labute approximate surface area is 138 Å². The molecule has 120 valence electrons. The molecular formula is C15H7Cl2F3O3. The lowest BCUT2D eigenvalue weighted by molar-refractivity contribution is -0.137. The highest BCUT2D eigenvalue weighted by atomic mass is 35.5. The minimum absolute atomic E-state index is 0.0277. The maximum absolute atomic E-state index is 12.5. The third-order valence-electron chi connectivity index (χ3n) is 2.78. The van der Waals surface area contributed by atoms with E-state index in [9.17, 15) is 22.8 Å². The molecule has 23 heavy (non-hydrogen) atoms. The first-order valence-electron chi connectivity index (χ1n) is 6.06. The van der Waals surface area contributed by atoms with E-state index in [0.29, 0.717) is 0 Å². The van der Waals surface area contributed by atoms with E-state index in [1.54, 1.807) is 0 Å². The van der Waals surface area contributed by atoms with E-state index in [-0.39, 0.29) is 22.6 Å². The molecule has 0 bridgehead atoms. The zero-order chi connectivity index (χ0) is 17.2. The molecule has 0 aliphatic heterocycles. The number of rotatable bonds is 4. The Morgan fingerprint density at radius 1 is 0.826 bits per heavy atom. The van der Waals surface area contributed by atoms with Gasteiger partial charge in [-0.2, -0.15) is 13.2 Å². The predicted octanol–water partition coefficient (Wildman–Crippen LogP) is 5.26. The number of halogens is 5. The third kappa shape index (κ3) is 4.46. The Balaban J connectivity index is 2.32. The molecule has 8 heteroatoms. The topological polar surface area (TPSA) is 43.4 Å². The minimum atomic E-state index is -4.46. The van der Waals surface area contributed by atoms with Crippen molar-refractivity contribution in [1.82, 2.24) is 0 Å². The van der Waals surface area contributed by atoms with Crippen LogP contribution in [-0.4, -0.2) is 10.5 Å². The van der Waals surface area contributed by atoms with E-state index in [1.165, 1.54) is 18.2 Å². The van der Waals surface area contributed by atoms with Crippen molar-refractivity contribution in [2.75, 3.05) is 0 Å². The summed E-state index contributed by atoms with van der Waals surface area (Å²) in [6.07, 6.45) is -4.46. The molecular weight excluding hydrogens is 356 g/mol. The third-order valence-corrected chi connectivity index (χ3v) is 3.21. The Morgan fingerprint density at radius 3 is 1.70 bits per heavy atom. The van der Waals surface area contributed by atoms with Crippen LogP contribution in [-0.2, 0) is 6.18 Å². The van der Waals surface area contributed by atoms with Gasteiger partial charge in [0.15, 0.2) is 0 Å². The molecule has 0 fully saturated rings. The van der Waals surface area contributed by atoms with Gasteiger partial charge in [0.1, 0.15) is 11.5 Å². The first-order valence-corrected chi connectivity index (χ1v) is 6.82. The number of carbonyl (C=O) groups excluding carboxylic acids is 2. The van der Waals surface area contributed by atoms with Crippen molar-refractivity contribution >= 4 is 33.7 Å². The second-order valence-corrected chi connectivity index (χ2v) is 5.10. The molecule has 0 saturated heterocycles. The first kappa shape index (κ1) is 17.3. The molecule has 2 rings (SSSR count). The quantitative estimate of drug-likeness (QED) is 0.697. The molecule has 0 heterocycles. The van der Waals surface area contributed by atoms with E-state index in [1.807, 2.05) is 0 Å². The van der Waals surface area contributed by atoms with Gasteiger partial charge in [0, 0.05) is 11.1 Å². The maximum Gasteiger partial charge on any atom is 0.416 e. The summed E-state index contributed by atoms with van der Waals surface area (Å²) >= 11 is 10.7. The van der Waals surface area contributed by atoms with Crippen LogP contribution in [0.1, 0.15) is 26.3 Å². The normalized spacial score (nSPS) is 11.2. The van der Waals surface area contributed by atoms with E-state index in [4.69, 9.17) is 27.9 Å². The summed E-state index contributed by atoms with van der Waals surface area (Å²) in [5.41, 5.74) is -0.883. The van der Waals surface area contributed by atoms with Crippen molar-refractivity contribution in [1.29, 1.82) is 0 Å². The molecule has 0 atom stereocenters. The number of benzene rings is 2. The molecule has 2 aromatic carbocycles. The van der Waals surface area contributed by atoms with Crippen LogP contribution in [0.4, 0.5) is 13.2 Å². The molecule has 0 N–H and O–H groups in total. The van der Waals surface area contributed by atoms with Gasteiger partial charge in [-0.3, -0.25) is 9.59 Å². The van der Waals surface area contributed by atoms with Crippen LogP contribution in [0.2, 0.25) is 0 Å². The monoisotopic (exact) mass is 362 g/mol. The van der Waals surface area contributed by atoms with E-state index in [2.05, 4.69) is 0 Å². The van der Waals surface area contributed by atoms with Gasteiger partial charge in [-0.25, -0.2) is 0 Å². The molecule has 0 amide bonds. The summed E-state index contributed by atoms with van der Waals surface area (Å²) in [5.74, 6) is 0.130. The first-order chi connectivity index (χ1) is 10.7. The molecule has 0 aromatic heterocycles. The van der Waals surface area contributed by atoms with Gasteiger partial charge in [-0.05, 0) is 65.7 Å². The zero-order valence-corrected chi connectivity index (χ0v) is 12.7. The lowest BCUT2D eigenvalue weighted by Crippen LogP contribution is -2.04. The molecule has 0 radical (unpaired) electrons. The Hall–Kier alpha value is -2.05. The highest BCUT2D eigenvalue weighted by Crippen LogP contribution is 2.32. The fraction of sp³-hybridized carbons (Fsp3) is 0.0667. The van der Waals surface area contributed by atoms with Crippen molar-refractivity contribution in [3.05, 3.63) is 59.2 Å². The molecule has 0 unspecified atom stereocenters. The Bertz CT molecular complexity index is 723. The molecule has 0 spiro atoms. The van der Waals surface area contributed by atoms with Crippen LogP contribution >= 0.6 is 23.2 Å². The number of hydrogen-bond donors (Lipinski definition) is 0. The van der Waals surface area contributed by atoms with Gasteiger partial charge >= 0.3 is 6.18 Å².